The van der Waals surface area contributed by atoms with Crippen molar-refractivity contribution in [3.05, 3.63) is 23.3 Å². The lowest BCUT2D eigenvalue weighted by atomic mass is 10.00. The number of amides is 1. The fourth-order valence-electron chi connectivity index (χ4n) is 3.17. The molecule has 2 N–H and O–H groups in total. The smallest absolute Gasteiger partial charge is 0.255 e. The molecule has 0 saturated heterocycles. The van der Waals surface area contributed by atoms with E-state index in [-0.39, 0.29) is 23.3 Å². The van der Waals surface area contributed by atoms with Crippen LogP contribution in [-0.2, 0) is 6.42 Å². The van der Waals surface area contributed by atoms with E-state index >= 15 is 0 Å². The second kappa shape index (κ2) is 7.24. The Morgan fingerprint density at radius 3 is 2.70 bits per heavy atom. The topological polar surface area (TPSA) is 58.6 Å². The zero-order chi connectivity index (χ0) is 17.0. The van der Waals surface area contributed by atoms with Crippen LogP contribution in [0.4, 0.5) is 0 Å². The lowest BCUT2D eigenvalue weighted by molar-refractivity contribution is 0.0926. The number of phenols is 1. The molecule has 4 heteroatoms. The molecule has 1 atom stereocenters. The maximum atomic E-state index is 12.5. The Balaban J connectivity index is 2.14. The summed E-state index contributed by atoms with van der Waals surface area (Å²) < 4.78 is 5.80. The van der Waals surface area contributed by atoms with Crippen molar-refractivity contribution in [3.8, 4) is 11.5 Å². The summed E-state index contributed by atoms with van der Waals surface area (Å²) in [5.74, 6) is 0.215. The monoisotopic (exact) mass is 319 g/mol. The third-order valence-electron chi connectivity index (χ3n) is 4.33. The standard InChI is InChI=1S/C19H29NO3/c1-5-7-9-14(8-6-2)20-18(22)15-11-10-13-12-19(3,4)23-17(13)16(15)21/h10-11,14,21H,5-9,12H2,1-4H3,(H,20,22). The Hall–Kier alpha value is -1.71. The Morgan fingerprint density at radius 2 is 2.04 bits per heavy atom. The van der Waals surface area contributed by atoms with Gasteiger partial charge in [0.2, 0.25) is 0 Å². The van der Waals surface area contributed by atoms with Gasteiger partial charge in [0.1, 0.15) is 5.60 Å². The van der Waals surface area contributed by atoms with Crippen LogP contribution in [-0.4, -0.2) is 22.7 Å². The highest BCUT2D eigenvalue weighted by atomic mass is 16.5. The molecule has 0 spiro atoms. The van der Waals surface area contributed by atoms with Crippen LogP contribution in [0.25, 0.3) is 0 Å². The van der Waals surface area contributed by atoms with E-state index in [1.807, 2.05) is 19.9 Å². The van der Waals surface area contributed by atoms with Crippen molar-refractivity contribution in [1.29, 1.82) is 0 Å². The average molecular weight is 319 g/mol. The molecule has 1 aliphatic rings. The third-order valence-corrected chi connectivity index (χ3v) is 4.33. The number of fused-ring (bicyclic) bond motifs is 1. The van der Waals surface area contributed by atoms with E-state index < -0.39 is 0 Å². The zero-order valence-electron chi connectivity index (χ0n) is 14.7. The number of rotatable bonds is 7. The second-order valence-corrected chi connectivity index (χ2v) is 7.09. The van der Waals surface area contributed by atoms with Gasteiger partial charge in [-0.15, -0.1) is 0 Å². The maximum absolute atomic E-state index is 12.5. The van der Waals surface area contributed by atoms with Crippen LogP contribution < -0.4 is 10.1 Å². The minimum atomic E-state index is -0.333. The van der Waals surface area contributed by atoms with Gasteiger partial charge in [-0.05, 0) is 32.8 Å². The number of nitrogens with one attached hydrogen (secondary N) is 1. The summed E-state index contributed by atoms with van der Waals surface area (Å²) in [5, 5.41) is 13.5. The number of benzene rings is 1. The van der Waals surface area contributed by atoms with Crippen molar-refractivity contribution in [2.45, 2.75) is 77.9 Å². The van der Waals surface area contributed by atoms with Gasteiger partial charge in [-0.3, -0.25) is 4.79 Å². The number of hydrogen-bond acceptors (Lipinski definition) is 3. The molecular weight excluding hydrogens is 290 g/mol. The van der Waals surface area contributed by atoms with Gasteiger partial charge in [0.25, 0.3) is 5.91 Å². The van der Waals surface area contributed by atoms with Gasteiger partial charge < -0.3 is 15.2 Å². The van der Waals surface area contributed by atoms with E-state index in [9.17, 15) is 9.90 Å². The van der Waals surface area contributed by atoms with Crippen molar-refractivity contribution in [1.82, 2.24) is 5.32 Å². The van der Waals surface area contributed by atoms with E-state index in [1.165, 1.54) is 0 Å². The van der Waals surface area contributed by atoms with Gasteiger partial charge >= 0.3 is 0 Å². The molecule has 0 radical (unpaired) electrons. The van der Waals surface area contributed by atoms with E-state index in [0.717, 1.165) is 44.1 Å². The Morgan fingerprint density at radius 1 is 1.30 bits per heavy atom. The lowest BCUT2D eigenvalue weighted by Gasteiger charge is -2.19. The van der Waals surface area contributed by atoms with Crippen molar-refractivity contribution < 1.29 is 14.6 Å². The van der Waals surface area contributed by atoms with Gasteiger partial charge in [-0.1, -0.05) is 39.2 Å². The quantitative estimate of drug-likeness (QED) is 0.792. The normalized spacial score (nSPS) is 16.5. The molecule has 1 aromatic carbocycles. The molecule has 0 saturated carbocycles. The summed E-state index contributed by atoms with van der Waals surface area (Å²) in [5.41, 5.74) is 0.931. The minimum Gasteiger partial charge on any atom is -0.504 e. The first-order chi connectivity index (χ1) is 10.9. The van der Waals surface area contributed by atoms with Gasteiger partial charge in [0.15, 0.2) is 11.5 Å². The molecule has 1 aliphatic heterocycles. The van der Waals surface area contributed by atoms with Gasteiger partial charge in [0, 0.05) is 18.0 Å². The summed E-state index contributed by atoms with van der Waals surface area (Å²) >= 11 is 0. The predicted molar refractivity (Wildman–Crippen MR) is 92.2 cm³/mol. The van der Waals surface area contributed by atoms with Gasteiger partial charge in [0.05, 0.1) is 5.56 Å². The number of ether oxygens (including phenoxy) is 1. The van der Waals surface area contributed by atoms with E-state index in [0.29, 0.717) is 11.3 Å². The molecule has 0 bridgehead atoms. The average Bonchev–Trinajstić information content (AvgIpc) is 2.80. The van der Waals surface area contributed by atoms with Crippen molar-refractivity contribution in [3.63, 3.8) is 0 Å². The summed E-state index contributed by atoms with van der Waals surface area (Å²) in [6.07, 6.45) is 5.92. The highest BCUT2D eigenvalue weighted by molar-refractivity contribution is 5.98. The summed E-state index contributed by atoms with van der Waals surface area (Å²) in [4.78, 5) is 12.5. The molecular formula is C19H29NO3. The van der Waals surface area contributed by atoms with E-state index in [1.54, 1.807) is 6.07 Å². The minimum absolute atomic E-state index is 0.0312. The van der Waals surface area contributed by atoms with Crippen LogP contribution >= 0.6 is 0 Å². The van der Waals surface area contributed by atoms with Crippen LogP contribution in [0.15, 0.2) is 12.1 Å². The van der Waals surface area contributed by atoms with E-state index in [4.69, 9.17) is 4.74 Å². The van der Waals surface area contributed by atoms with Crippen LogP contribution in [0.3, 0.4) is 0 Å². The number of aromatic hydroxyl groups is 1. The van der Waals surface area contributed by atoms with Crippen molar-refractivity contribution in [2.24, 2.45) is 0 Å². The molecule has 0 aromatic heterocycles. The SMILES string of the molecule is CCCCC(CCC)NC(=O)c1ccc2c(c1O)OC(C)(C)C2. The molecule has 23 heavy (non-hydrogen) atoms. The molecule has 0 fully saturated rings. The van der Waals surface area contributed by atoms with Crippen LogP contribution in [0.2, 0.25) is 0 Å². The van der Waals surface area contributed by atoms with E-state index in [2.05, 4.69) is 19.2 Å². The lowest BCUT2D eigenvalue weighted by Crippen LogP contribution is -2.34. The zero-order valence-corrected chi connectivity index (χ0v) is 14.7. The van der Waals surface area contributed by atoms with Crippen LogP contribution in [0.1, 0.15) is 75.7 Å². The Labute approximate surface area is 139 Å². The number of phenolic OH excluding ortho intramolecular Hbond substituents is 1. The van der Waals surface area contributed by atoms with Crippen LogP contribution in [0.5, 0.6) is 11.5 Å². The first-order valence-electron chi connectivity index (χ1n) is 8.72. The van der Waals surface area contributed by atoms with Gasteiger partial charge in [-0.25, -0.2) is 0 Å². The highest BCUT2D eigenvalue weighted by Gasteiger charge is 2.34. The largest absolute Gasteiger partial charge is 0.504 e. The van der Waals surface area contributed by atoms with Gasteiger partial charge in [-0.2, -0.15) is 0 Å². The summed E-state index contributed by atoms with van der Waals surface area (Å²) in [6, 6.07) is 3.76. The number of carbonyl (C=O) groups excluding carboxylic acids is 1. The molecule has 4 nitrogen and oxygen atoms in total. The molecule has 1 unspecified atom stereocenters. The second-order valence-electron chi connectivity index (χ2n) is 7.09. The molecule has 0 aliphatic carbocycles. The van der Waals surface area contributed by atoms with Crippen molar-refractivity contribution in [2.75, 3.05) is 0 Å². The number of hydrogen-bond donors (Lipinski definition) is 2. The first-order valence-corrected chi connectivity index (χ1v) is 8.72. The fraction of sp³-hybridized carbons (Fsp3) is 0.632. The third kappa shape index (κ3) is 4.18. The summed E-state index contributed by atoms with van der Waals surface area (Å²) in [6.45, 7) is 8.23. The van der Waals surface area contributed by atoms with Crippen molar-refractivity contribution >= 4 is 5.91 Å². The first kappa shape index (κ1) is 17.6. The maximum Gasteiger partial charge on any atom is 0.255 e. The fourth-order valence-corrected chi connectivity index (χ4v) is 3.17. The highest BCUT2D eigenvalue weighted by Crippen LogP contribution is 2.43. The Kier molecular flexibility index (Phi) is 5.55. The molecule has 1 amide bonds. The molecule has 1 aromatic rings. The molecule has 2 rings (SSSR count). The summed E-state index contributed by atoms with van der Waals surface area (Å²) in [7, 11) is 0. The molecule has 1 heterocycles. The molecule has 128 valence electrons. The Bertz CT molecular complexity index is 566. The van der Waals surface area contributed by atoms with Crippen LogP contribution in [0, 0.1) is 0 Å². The number of carbonyl (C=O) groups is 1. The predicted octanol–water partition coefficient (Wildman–Crippen LogP) is 4.19. The number of unbranched alkanes of at least 4 members (excludes halogenated alkanes) is 1.